The number of halogens is 1. The molecule has 0 saturated heterocycles. The Morgan fingerprint density at radius 2 is 1.76 bits per heavy atom. The standard InChI is InChI=1S/C23H19IO/c1-2-3-4-8-15-20-21(24)16-18-13-9-10-14-19(18)22(20)23(25)17-11-6-5-7-12-17/h5-7,9-14,16H,2-4H2,1H3. The second-order valence-electron chi connectivity index (χ2n) is 5.93. The third kappa shape index (κ3) is 3.93. The molecule has 0 aromatic heterocycles. The maximum atomic E-state index is 13.3. The van der Waals surface area contributed by atoms with E-state index in [1.54, 1.807) is 0 Å². The van der Waals surface area contributed by atoms with Crippen molar-refractivity contribution in [3.8, 4) is 11.8 Å². The lowest BCUT2D eigenvalue weighted by molar-refractivity contribution is 0.104. The second kappa shape index (κ2) is 8.31. The Morgan fingerprint density at radius 1 is 1.04 bits per heavy atom. The molecule has 0 atom stereocenters. The van der Waals surface area contributed by atoms with Crippen LogP contribution in [-0.4, -0.2) is 5.78 Å². The van der Waals surface area contributed by atoms with Crippen LogP contribution in [0.2, 0.25) is 0 Å². The summed E-state index contributed by atoms with van der Waals surface area (Å²) in [5.41, 5.74) is 2.27. The number of carbonyl (C=O) groups excluding carboxylic acids is 1. The van der Waals surface area contributed by atoms with Gasteiger partial charge in [0.2, 0.25) is 0 Å². The number of ketones is 1. The van der Waals surface area contributed by atoms with Gasteiger partial charge in [-0.2, -0.15) is 0 Å². The maximum Gasteiger partial charge on any atom is 0.194 e. The van der Waals surface area contributed by atoms with Gasteiger partial charge in [-0.05, 0) is 45.9 Å². The monoisotopic (exact) mass is 438 g/mol. The number of unbranched alkanes of at least 4 members (excludes halogenated alkanes) is 2. The van der Waals surface area contributed by atoms with Crippen LogP contribution >= 0.6 is 22.6 Å². The first-order valence-electron chi connectivity index (χ1n) is 8.52. The molecule has 0 spiro atoms. The quantitative estimate of drug-likeness (QED) is 0.205. The van der Waals surface area contributed by atoms with Crippen LogP contribution < -0.4 is 0 Å². The molecule has 0 aliphatic heterocycles. The predicted octanol–water partition coefficient (Wildman–Crippen LogP) is 6.22. The van der Waals surface area contributed by atoms with Gasteiger partial charge in [0.1, 0.15) is 0 Å². The van der Waals surface area contributed by atoms with E-state index in [1.807, 2.05) is 54.6 Å². The van der Waals surface area contributed by atoms with Crippen molar-refractivity contribution in [2.24, 2.45) is 0 Å². The van der Waals surface area contributed by atoms with Crippen molar-refractivity contribution in [1.82, 2.24) is 0 Å². The summed E-state index contributed by atoms with van der Waals surface area (Å²) in [6.07, 6.45) is 3.07. The minimum atomic E-state index is 0.0371. The number of rotatable bonds is 4. The molecule has 0 radical (unpaired) electrons. The van der Waals surface area contributed by atoms with Crippen molar-refractivity contribution in [2.45, 2.75) is 26.2 Å². The van der Waals surface area contributed by atoms with E-state index in [1.165, 1.54) is 0 Å². The summed E-state index contributed by atoms with van der Waals surface area (Å²) in [7, 11) is 0. The van der Waals surface area contributed by atoms with Gasteiger partial charge in [-0.3, -0.25) is 4.79 Å². The molecule has 3 aromatic rings. The fourth-order valence-electron chi connectivity index (χ4n) is 2.82. The van der Waals surface area contributed by atoms with Crippen molar-refractivity contribution in [1.29, 1.82) is 0 Å². The SMILES string of the molecule is CCCCC#Cc1c(I)cc2ccccc2c1C(=O)c1ccccc1. The van der Waals surface area contributed by atoms with Crippen LogP contribution in [-0.2, 0) is 0 Å². The fourth-order valence-corrected chi connectivity index (χ4v) is 3.56. The summed E-state index contributed by atoms with van der Waals surface area (Å²) in [6, 6.07) is 19.6. The molecular formula is C23H19IO. The molecule has 3 aromatic carbocycles. The minimum absolute atomic E-state index is 0.0371. The Kier molecular flexibility index (Phi) is 5.88. The normalized spacial score (nSPS) is 10.3. The maximum absolute atomic E-state index is 13.3. The van der Waals surface area contributed by atoms with Gasteiger partial charge in [0.05, 0.1) is 0 Å². The zero-order valence-electron chi connectivity index (χ0n) is 14.2. The zero-order valence-corrected chi connectivity index (χ0v) is 16.3. The topological polar surface area (TPSA) is 17.1 Å². The van der Waals surface area contributed by atoms with Gasteiger partial charge < -0.3 is 0 Å². The van der Waals surface area contributed by atoms with Crippen LogP contribution in [0.1, 0.15) is 47.7 Å². The van der Waals surface area contributed by atoms with E-state index in [2.05, 4.69) is 47.4 Å². The van der Waals surface area contributed by atoms with Crippen molar-refractivity contribution in [3.05, 3.63) is 80.9 Å². The zero-order chi connectivity index (χ0) is 17.6. The highest BCUT2D eigenvalue weighted by Crippen LogP contribution is 2.29. The molecule has 0 heterocycles. The van der Waals surface area contributed by atoms with E-state index in [9.17, 15) is 4.79 Å². The first kappa shape index (κ1) is 17.7. The molecule has 0 bridgehead atoms. The van der Waals surface area contributed by atoms with Crippen LogP contribution in [0.5, 0.6) is 0 Å². The lowest BCUT2D eigenvalue weighted by Crippen LogP contribution is -2.06. The Morgan fingerprint density at radius 3 is 2.52 bits per heavy atom. The number of carbonyl (C=O) groups is 1. The smallest absolute Gasteiger partial charge is 0.194 e. The molecular weight excluding hydrogens is 419 g/mol. The van der Waals surface area contributed by atoms with Crippen molar-refractivity contribution in [2.75, 3.05) is 0 Å². The highest BCUT2D eigenvalue weighted by Gasteiger charge is 2.18. The molecule has 2 heteroatoms. The highest BCUT2D eigenvalue weighted by molar-refractivity contribution is 14.1. The Labute approximate surface area is 162 Å². The Hall–Kier alpha value is -2.12. The average molecular weight is 438 g/mol. The molecule has 0 fully saturated rings. The first-order chi connectivity index (χ1) is 12.2. The van der Waals surface area contributed by atoms with Crippen LogP contribution in [0.3, 0.4) is 0 Å². The van der Waals surface area contributed by atoms with Gasteiger partial charge in [-0.15, -0.1) is 0 Å². The summed E-state index contributed by atoms with van der Waals surface area (Å²) in [5.74, 6) is 6.57. The van der Waals surface area contributed by atoms with Gasteiger partial charge in [-0.1, -0.05) is 79.8 Å². The van der Waals surface area contributed by atoms with Crippen molar-refractivity contribution in [3.63, 3.8) is 0 Å². The third-order valence-corrected chi connectivity index (χ3v) is 4.98. The lowest BCUT2D eigenvalue weighted by atomic mass is 9.92. The predicted molar refractivity (Wildman–Crippen MR) is 113 cm³/mol. The van der Waals surface area contributed by atoms with E-state index < -0.39 is 0 Å². The molecule has 0 aliphatic carbocycles. The molecule has 25 heavy (non-hydrogen) atoms. The van der Waals surface area contributed by atoms with Gasteiger partial charge in [0, 0.05) is 26.7 Å². The van der Waals surface area contributed by atoms with Crippen molar-refractivity contribution < 1.29 is 4.79 Å². The third-order valence-electron chi connectivity index (χ3n) is 4.13. The van der Waals surface area contributed by atoms with E-state index in [4.69, 9.17) is 0 Å². The molecule has 0 saturated carbocycles. The number of hydrogen-bond donors (Lipinski definition) is 0. The molecule has 1 nitrogen and oxygen atoms in total. The van der Waals surface area contributed by atoms with Gasteiger partial charge in [0.25, 0.3) is 0 Å². The molecule has 0 aliphatic rings. The molecule has 0 amide bonds. The van der Waals surface area contributed by atoms with E-state index in [-0.39, 0.29) is 5.78 Å². The van der Waals surface area contributed by atoms with Gasteiger partial charge in [0.15, 0.2) is 5.78 Å². The summed E-state index contributed by atoms with van der Waals surface area (Å²) in [4.78, 5) is 13.3. The van der Waals surface area contributed by atoms with Crippen LogP contribution in [0.15, 0.2) is 60.7 Å². The van der Waals surface area contributed by atoms with Gasteiger partial charge in [-0.25, -0.2) is 0 Å². The fraction of sp³-hybridized carbons (Fsp3) is 0.174. The summed E-state index contributed by atoms with van der Waals surface area (Å²) >= 11 is 2.29. The molecule has 0 N–H and O–H groups in total. The second-order valence-corrected chi connectivity index (χ2v) is 7.09. The van der Waals surface area contributed by atoms with Gasteiger partial charge >= 0.3 is 0 Å². The van der Waals surface area contributed by atoms with E-state index in [0.717, 1.165) is 44.7 Å². The number of fused-ring (bicyclic) bond motifs is 1. The molecule has 3 rings (SSSR count). The first-order valence-corrected chi connectivity index (χ1v) is 9.60. The largest absolute Gasteiger partial charge is 0.289 e. The average Bonchev–Trinajstić information content (AvgIpc) is 2.65. The van der Waals surface area contributed by atoms with Crippen LogP contribution in [0, 0.1) is 15.4 Å². The van der Waals surface area contributed by atoms with E-state index >= 15 is 0 Å². The highest BCUT2D eigenvalue weighted by atomic mass is 127. The van der Waals surface area contributed by atoms with E-state index in [0.29, 0.717) is 5.56 Å². The molecule has 124 valence electrons. The lowest BCUT2D eigenvalue weighted by Gasteiger charge is -2.11. The Balaban J connectivity index is 2.21. The summed E-state index contributed by atoms with van der Waals surface area (Å²) < 4.78 is 1.03. The molecule has 0 unspecified atom stereocenters. The van der Waals surface area contributed by atoms with Crippen LogP contribution in [0.4, 0.5) is 0 Å². The minimum Gasteiger partial charge on any atom is -0.289 e. The van der Waals surface area contributed by atoms with Crippen LogP contribution in [0.25, 0.3) is 10.8 Å². The summed E-state index contributed by atoms with van der Waals surface area (Å²) in [5, 5.41) is 2.04. The van der Waals surface area contributed by atoms with Crippen molar-refractivity contribution >= 4 is 39.1 Å². The number of benzene rings is 3. The Bertz CT molecular complexity index is 962. The summed E-state index contributed by atoms with van der Waals surface area (Å²) in [6.45, 7) is 2.16. The number of hydrogen-bond acceptors (Lipinski definition) is 1.